The number of carbonyl (C=O) groups is 1. The third kappa shape index (κ3) is 3.70. The molecule has 1 aromatic heterocycles. The lowest BCUT2D eigenvalue weighted by Gasteiger charge is -2.42. The first-order chi connectivity index (χ1) is 8.38. The first-order valence-corrected chi connectivity index (χ1v) is 6.34. The number of piperidine rings is 1. The van der Waals surface area contributed by atoms with Crippen molar-refractivity contribution in [3.05, 3.63) is 17.5 Å². The summed E-state index contributed by atoms with van der Waals surface area (Å²) < 4.78 is 4.97. The van der Waals surface area contributed by atoms with E-state index in [4.69, 9.17) is 10.3 Å². The van der Waals surface area contributed by atoms with E-state index in [2.05, 4.69) is 19.0 Å². The van der Waals surface area contributed by atoms with Crippen molar-refractivity contribution in [3.8, 4) is 0 Å². The largest absolute Gasteiger partial charge is 0.361 e. The molecule has 0 radical (unpaired) electrons. The fourth-order valence-electron chi connectivity index (χ4n) is 2.35. The van der Waals surface area contributed by atoms with Gasteiger partial charge in [0.2, 0.25) is 5.91 Å². The predicted molar refractivity (Wildman–Crippen MR) is 75.1 cm³/mol. The number of carbonyl (C=O) groups excluding carboxylic acids is 1. The smallest absolute Gasteiger partial charge is 0.228 e. The van der Waals surface area contributed by atoms with Crippen LogP contribution in [0.4, 0.5) is 0 Å². The molecule has 1 saturated heterocycles. The average Bonchev–Trinajstić information content (AvgIpc) is 2.68. The Balaban J connectivity index is 0.00000180. The fraction of sp³-hybridized carbons (Fsp3) is 0.692. The van der Waals surface area contributed by atoms with E-state index in [0.29, 0.717) is 18.7 Å². The van der Waals surface area contributed by atoms with Crippen molar-refractivity contribution >= 4 is 18.3 Å². The molecule has 2 N–H and O–H groups in total. The van der Waals surface area contributed by atoms with Crippen LogP contribution >= 0.6 is 12.4 Å². The molecule has 2 heterocycles. The zero-order chi connectivity index (χ0) is 13.3. The van der Waals surface area contributed by atoms with Crippen LogP contribution in [0.3, 0.4) is 0 Å². The Labute approximate surface area is 119 Å². The topological polar surface area (TPSA) is 72.4 Å². The molecule has 1 atom stereocenters. The fourth-order valence-corrected chi connectivity index (χ4v) is 2.35. The van der Waals surface area contributed by atoms with Crippen LogP contribution in [-0.2, 0) is 11.2 Å². The third-order valence-corrected chi connectivity index (χ3v) is 3.67. The second-order valence-corrected chi connectivity index (χ2v) is 5.80. The molecule has 0 spiro atoms. The molecule has 1 amide bonds. The van der Waals surface area contributed by atoms with Crippen molar-refractivity contribution in [3.63, 3.8) is 0 Å². The summed E-state index contributed by atoms with van der Waals surface area (Å²) >= 11 is 0. The lowest BCUT2D eigenvalue weighted by molar-refractivity contribution is -0.134. The number of rotatable bonds is 2. The van der Waals surface area contributed by atoms with Crippen LogP contribution in [0.15, 0.2) is 10.6 Å². The van der Waals surface area contributed by atoms with Crippen molar-refractivity contribution in [1.29, 1.82) is 0 Å². The Bertz CT molecular complexity index is 445. The SMILES string of the molecule is Cc1cc(CC(=O)N2CCC(N)C(C)(C)C2)no1.Cl. The highest BCUT2D eigenvalue weighted by Gasteiger charge is 2.35. The number of nitrogens with zero attached hydrogens (tertiary/aromatic N) is 2. The molecule has 1 aromatic rings. The van der Waals surface area contributed by atoms with Crippen LogP contribution in [0, 0.1) is 12.3 Å². The van der Waals surface area contributed by atoms with Crippen LogP contribution in [0.25, 0.3) is 0 Å². The van der Waals surface area contributed by atoms with Crippen molar-refractivity contribution in [2.45, 2.75) is 39.7 Å². The van der Waals surface area contributed by atoms with Crippen molar-refractivity contribution in [2.24, 2.45) is 11.1 Å². The minimum atomic E-state index is -0.0202. The van der Waals surface area contributed by atoms with Gasteiger partial charge in [0, 0.05) is 25.2 Å². The first kappa shape index (κ1) is 16.0. The van der Waals surface area contributed by atoms with Gasteiger partial charge in [-0.2, -0.15) is 0 Å². The van der Waals surface area contributed by atoms with Gasteiger partial charge in [0.15, 0.2) is 0 Å². The molecule has 5 nitrogen and oxygen atoms in total. The minimum absolute atomic E-state index is 0. The van der Waals surface area contributed by atoms with E-state index in [9.17, 15) is 4.79 Å². The summed E-state index contributed by atoms with van der Waals surface area (Å²) in [5.41, 5.74) is 6.74. The zero-order valence-corrected chi connectivity index (χ0v) is 12.5. The number of halogens is 1. The molecule has 0 aliphatic carbocycles. The Morgan fingerprint density at radius 2 is 2.32 bits per heavy atom. The molecule has 0 saturated carbocycles. The molecular weight excluding hydrogens is 266 g/mol. The second kappa shape index (κ2) is 5.92. The molecule has 1 unspecified atom stereocenters. The highest BCUT2D eigenvalue weighted by atomic mass is 35.5. The Morgan fingerprint density at radius 1 is 1.63 bits per heavy atom. The summed E-state index contributed by atoms with van der Waals surface area (Å²) in [6.07, 6.45) is 1.17. The van der Waals surface area contributed by atoms with E-state index in [1.54, 1.807) is 6.07 Å². The summed E-state index contributed by atoms with van der Waals surface area (Å²) in [7, 11) is 0. The number of amides is 1. The number of aryl methyl sites for hydroxylation is 1. The van der Waals surface area contributed by atoms with Crippen LogP contribution in [0.1, 0.15) is 31.7 Å². The van der Waals surface area contributed by atoms with Gasteiger partial charge in [-0.3, -0.25) is 4.79 Å². The predicted octanol–water partition coefficient (Wildman–Crippen LogP) is 1.53. The standard InChI is InChI=1S/C13H21N3O2.ClH/c1-9-6-10(15-18-9)7-12(17)16-5-4-11(14)13(2,3)8-16;/h6,11H,4-5,7-8,14H2,1-3H3;1H. The maximum absolute atomic E-state index is 12.2. The average molecular weight is 288 g/mol. The molecule has 108 valence electrons. The van der Waals surface area contributed by atoms with E-state index in [0.717, 1.165) is 18.7 Å². The molecular formula is C13H22ClN3O2. The number of likely N-dealkylation sites (tertiary alicyclic amines) is 1. The molecule has 1 fully saturated rings. The second-order valence-electron chi connectivity index (χ2n) is 5.80. The molecule has 0 aromatic carbocycles. The van der Waals surface area contributed by atoms with Gasteiger partial charge in [-0.1, -0.05) is 19.0 Å². The molecule has 19 heavy (non-hydrogen) atoms. The molecule has 2 rings (SSSR count). The maximum Gasteiger partial charge on any atom is 0.228 e. The van der Waals surface area contributed by atoms with E-state index in [1.165, 1.54) is 0 Å². The van der Waals surface area contributed by atoms with E-state index < -0.39 is 0 Å². The van der Waals surface area contributed by atoms with Gasteiger partial charge in [-0.15, -0.1) is 12.4 Å². The molecule has 1 aliphatic rings. The van der Waals surface area contributed by atoms with Gasteiger partial charge in [0.05, 0.1) is 12.1 Å². The summed E-state index contributed by atoms with van der Waals surface area (Å²) in [5, 5.41) is 3.85. The van der Waals surface area contributed by atoms with Crippen molar-refractivity contribution in [1.82, 2.24) is 10.1 Å². The van der Waals surface area contributed by atoms with Gasteiger partial charge < -0.3 is 15.2 Å². The van der Waals surface area contributed by atoms with Gasteiger partial charge in [-0.25, -0.2) is 0 Å². The van der Waals surface area contributed by atoms with E-state index >= 15 is 0 Å². The van der Waals surface area contributed by atoms with Crippen LogP contribution in [0.2, 0.25) is 0 Å². The first-order valence-electron chi connectivity index (χ1n) is 6.34. The van der Waals surface area contributed by atoms with Crippen molar-refractivity contribution in [2.75, 3.05) is 13.1 Å². The number of hydrogen-bond acceptors (Lipinski definition) is 4. The van der Waals surface area contributed by atoms with Crippen LogP contribution in [-0.4, -0.2) is 35.1 Å². The quantitative estimate of drug-likeness (QED) is 0.895. The summed E-state index contributed by atoms with van der Waals surface area (Å²) in [4.78, 5) is 14.1. The van der Waals surface area contributed by atoms with E-state index in [-0.39, 0.29) is 29.8 Å². The summed E-state index contributed by atoms with van der Waals surface area (Å²) in [5.74, 6) is 0.835. The Hall–Kier alpha value is -1.07. The van der Waals surface area contributed by atoms with Crippen LogP contribution < -0.4 is 5.73 Å². The van der Waals surface area contributed by atoms with E-state index in [1.807, 2.05) is 11.8 Å². The summed E-state index contributed by atoms with van der Waals surface area (Å²) in [6, 6.07) is 1.97. The lowest BCUT2D eigenvalue weighted by Crippen LogP contribution is -2.54. The minimum Gasteiger partial charge on any atom is -0.361 e. The number of aromatic nitrogens is 1. The highest BCUT2D eigenvalue weighted by molar-refractivity contribution is 5.85. The Kier molecular flexibility index (Phi) is 4.98. The highest BCUT2D eigenvalue weighted by Crippen LogP contribution is 2.27. The third-order valence-electron chi connectivity index (χ3n) is 3.67. The normalized spacial score (nSPS) is 21.9. The zero-order valence-electron chi connectivity index (χ0n) is 11.7. The van der Waals surface area contributed by atoms with Gasteiger partial charge in [0.25, 0.3) is 0 Å². The lowest BCUT2D eigenvalue weighted by atomic mass is 9.79. The van der Waals surface area contributed by atoms with Gasteiger partial charge in [0.1, 0.15) is 5.76 Å². The monoisotopic (exact) mass is 287 g/mol. The molecule has 6 heteroatoms. The number of hydrogen-bond donors (Lipinski definition) is 1. The molecule has 0 bridgehead atoms. The van der Waals surface area contributed by atoms with Gasteiger partial charge >= 0.3 is 0 Å². The summed E-state index contributed by atoms with van der Waals surface area (Å²) in [6.45, 7) is 7.49. The van der Waals surface area contributed by atoms with Crippen molar-refractivity contribution < 1.29 is 9.32 Å². The Morgan fingerprint density at radius 3 is 2.84 bits per heavy atom. The van der Waals surface area contributed by atoms with Crippen LogP contribution in [0.5, 0.6) is 0 Å². The molecule has 1 aliphatic heterocycles. The van der Waals surface area contributed by atoms with Gasteiger partial charge in [-0.05, 0) is 18.8 Å². The number of nitrogens with two attached hydrogens (primary N) is 1. The maximum atomic E-state index is 12.2.